The van der Waals surface area contributed by atoms with E-state index in [1.165, 1.54) is 0 Å². The van der Waals surface area contributed by atoms with Gasteiger partial charge in [0.25, 0.3) is 0 Å². The Morgan fingerprint density at radius 3 is 2.17 bits per heavy atom. The van der Waals surface area contributed by atoms with Crippen molar-refractivity contribution in [3.05, 3.63) is 0 Å². The number of carboxylic acids is 2. The number of carbonyl (C=O) groups is 4. The first-order valence-corrected chi connectivity index (χ1v) is 7.33. The van der Waals surface area contributed by atoms with Crippen LogP contribution in [0, 0.1) is 5.92 Å². The van der Waals surface area contributed by atoms with E-state index in [0.717, 1.165) is 0 Å². The fourth-order valence-corrected chi connectivity index (χ4v) is 1.69. The normalized spacial score (nSPS) is 12.9. The molecule has 10 nitrogen and oxygen atoms in total. The fraction of sp³-hybridized carbons (Fsp3) is 0.714. The quantitative estimate of drug-likeness (QED) is 0.243. The molecule has 2 unspecified atom stereocenters. The summed E-state index contributed by atoms with van der Waals surface area (Å²) in [5.41, 5.74) is 0. The molecule has 10 heteroatoms. The Hall–Kier alpha value is -2.20. The third-order valence-corrected chi connectivity index (χ3v) is 2.95. The number of hydrogen-bond acceptors (Lipinski definition) is 8. The Kier molecular flexibility index (Phi) is 11.1. The molecule has 24 heavy (non-hydrogen) atoms. The van der Waals surface area contributed by atoms with E-state index in [1.807, 2.05) is 0 Å². The predicted octanol–water partition coefficient (Wildman–Crippen LogP) is -0.838. The van der Waals surface area contributed by atoms with Crippen molar-refractivity contribution in [1.29, 1.82) is 0 Å². The largest absolute Gasteiger partial charge is 0.481 e. The van der Waals surface area contributed by atoms with E-state index in [1.54, 1.807) is 0 Å². The van der Waals surface area contributed by atoms with Crippen molar-refractivity contribution in [3.63, 3.8) is 0 Å². The van der Waals surface area contributed by atoms with Gasteiger partial charge >= 0.3 is 23.9 Å². The summed E-state index contributed by atoms with van der Waals surface area (Å²) in [5, 5.41) is 35.1. The molecule has 138 valence electrons. The van der Waals surface area contributed by atoms with Gasteiger partial charge in [0.05, 0.1) is 18.9 Å². The lowest BCUT2D eigenvalue weighted by molar-refractivity contribution is -0.155. The third-order valence-electron chi connectivity index (χ3n) is 2.95. The Balaban J connectivity index is 4.08. The van der Waals surface area contributed by atoms with Crippen LogP contribution >= 0.6 is 0 Å². The molecule has 0 aliphatic heterocycles. The monoisotopic (exact) mass is 350 g/mol. The van der Waals surface area contributed by atoms with Crippen LogP contribution in [0.2, 0.25) is 0 Å². The maximum Gasteiger partial charge on any atom is 0.332 e. The Morgan fingerprint density at radius 1 is 0.958 bits per heavy atom. The summed E-state index contributed by atoms with van der Waals surface area (Å²) in [4.78, 5) is 43.9. The van der Waals surface area contributed by atoms with Crippen LogP contribution in [0.3, 0.4) is 0 Å². The standard InChI is InChI=1S/C14H22O10/c15-5-3-9(8-10(16)13(20)21)14(22)24-7-4-12(19)23-6-1-2-11(17)18/h9-10,15-16H,1-8H2,(H,17,18)(H,20,21). The van der Waals surface area contributed by atoms with Crippen molar-refractivity contribution < 1.29 is 49.1 Å². The summed E-state index contributed by atoms with van der Waals surface area (Å²) >= 11 is 0. The van der Waals surface area contributed by atoms with Crippen molar-refractivity contribution in [2.75, 3.05) is 19.8 Å². The van der Waals surface area contributed by atoms with Crippen LogP contribution in [-0.4, -0.2) is 70.2 Å². The van der Waals surface area contributed by atoms with Gasteiger partial charge < -0.3 is 29.9 Å². The summed E-state index contributed by atoms with van der Waals surface area (Å²) in [6.07, 6.45) is -2.44. The van der Waals surface area contributed by atoms with Gasteiger partial charge in [-0.25, -0.2) is 4.79 Å². The molecule has 0 fully saturated rings. The van der Waals surface area contributed by atoms with Crippen LogP contribution in [0.4, 0.5) is 0 Å². The maximum absolute atomic E-state index is 11.8. The van der Waals surface area contributed by atoms with Crippen LogP contribution in [0.15, 0.2) is 0 Å². The first-order valence-electron chi connectivity index (χ1n) is 7.33. The molecular formula is C14H22O10. The number of aliphatic hydroxyl groups excluding tert-OH is 2. The van der Waals surface area contributed by atoms with Gasteiger partial charge in [0.2, 0.25) is 0 Å². The molecule has 0 aliphatic carbocycles. The molecule has 0 spiro atoms. The molecule has 0 aliphatic rings. The highest BCUT2D eigenvalue weighted by Gasteiger charge is 2.26. The van der Waals surface area contributed by atoms with Gasteiger partial charge in [-0.2, -0.15) is 0 Å². The third kappa shape index (κ3) is 10.5. The topological polar surface area (TPSA) is 168 Å². The number of aliphatic hydroxyl groups is 2. The molecule has 4 N–H and O–H groups in total. The fourth-order valence-electron chi connectivity index (χ4n) is 1.69. The molecule has 0 heterocycles. The lowest BCUT2D eigenvalue weighted by Crippen LogP contribution is -2.29. The van der Waals surface area contributed by atoms with Crippen LogP contribution in [0.1, 0.15) is 32.1 Å². The van der Waals surface area contributed by atoms with E-state index in [0.29, 0.717) is 0 Å². The number of esters is 2. The van der Waals surface area contributed by atoms with E-state index in [2.05, 4.69) is 0 Å². The first-order chi connectivity index (χ1) is 11.3. The molecule has 0 saturated carbocycles. The highest BCUT2D eigenvalue weighted by atomic mass is 16.5. The maximum atomic E-state index is 11.8. The predicted molar refractivity (Wildman–Crippen MR) is 76.9 cm³/mol. The number of hydrogen-bond donors (Lipinski definition) is 4. The van der Waals surface area contributed by atoms with Crippen LogP contribution < -0.4 is 0 Å². The van der Waals surface area contributed by atoms with E-state index in [-0.39, 0.29) is 38.9 Å². The zero-order chi connectivity index (χ0) is 18.5. The van der Waals surface area contributed by atoms with E-state index in [4.69, 9.17) is 24.8 Å². The minimum atomic E-state index is -1.76. The van der Waals surface area contributed by atoms with Crippen molar-refractivity contribution in [1.82, 2.24) is 0 Å². The van der Waals surface area contributed by atoms with Gasteiger partial charge in [0, 0.05) is 13.0 Å². The van der Waals surface area contributed by atoms with Gasteiger partial charge in [0.15, 0.2) is 6.10 Å². The molecule has 0 saturated heterocycles. The second kappa shape index (κ2) is 12.3. The van der Waals surface area contributed by atoms with Crippen LogP contribution in [-0.2, 0) is 28.7 Å². The van der Waals surface area contributed by atoms with Crippen molar-refractivity contribution in [2.24, 2.45) is 5.92 Å². The van der Waals surface area contributed by atoms with Crippen LogP contribution in [0.25, 0.3) is 0 Å². The average Bonchev–Trinajstić information content (AvgIpc) is 2.50. The Morgan fingerprint density at radius 2 is 1.62 bits per heavy atom. The SMILES string of the molecule is O=C(O)CCCOC(=O)CCOC(=O)C(CCO)CC(O)C(=O)O. The highest BCUT2D eigenvalue weighted by molar-refractivity contribution is 5.76. The molecule has 0 amide bonds. The van der Waals surface area contributed by atoms with E-state index in [9.17, 15) is 24.3 Å². The second-order valence-corrected chi connectivity index (χ2v) is 4.93. The lowest BCUT2D eigenvalue weighted by atomic mass is 9.98. The Labute approximate surface area is 138 Å². The lowest BCUT2D eigenvalue weighted by Gasteiger charge is -2.16. The van der Waals surface area contributed by atoms with Gasteiger partial charge in [-0.1, -0.05) is 0 Å². The summed E-state index contributed by atoms with van der Waals surface area (Å²) in [6, 6.07) is 0. The molecule has 0 aromatic rings. The average molecular weight is 350 g/mol. The summed E-state index contributed by atoms with van der Waals surface area (Å²) < 4.78 is 9.53. The zero-order valence-electron chi connectivity index (χ0n) is 13.0. The second-order valence-electron chi connectivity index (χ2n) is 4.93. The first kappa shape index (κ1) is 21.8. The van der Waals surface area contributed by atoms with Crippen molar-refractivity contribution >= 4 is 23.9 Å². The van der Waals surface area contributed by atoms with E-state index >= 15 is 0 Å². The number of ether oxygens (including phenoxy) is 2. The van der Waals surface area contributed by atoms with E-state index < -0.39 is 48.9 Å². The van der Waals surface area contributed by atoms with Crippen molar-refractivity contribution in [2.45, 2.75) is 38.2 Å². The molecule has 0 rings (SSSR count). The minimum absolute atomic E-state index is 0.0585. The molecule has 2 atom stereocenters. The summed E-state index contributed by atoms with van der Waals surface area (Å²) in [6.45, 7) is -0.754. The number of aliphatic carboxylic acids is 2. The highest BCUT2D eigenvalue weighted by Crippen LogP contribution is 2.14. The summed E-state index contributed by atoms with van der Waals surface area (Å²) in [7, 11) is 0. The summed E-state index contributed by atoms with van der Waals surface area (Å²) in [5.74, 6) is -5.00. The Bertz CT molecular complexity index is 433. The number of carboxylic acid groups (broad SMARTS) is 2. The molecule has 0 aromatic heterocycles. The van der Waals surface area contributed by atoms with Gasteiger partial charge in [-0.3, -0.25) is 14.4 Å². The molecule has 0 aromatic carbocycles. The van der Waals surface area contributed by atoms with Crippen LogP contribution in [0.5, 0.6) is 0 Å². The van der Waals surface area contributed by atoms with Gasteiger partial charge in [-0.05, 0) is 19.3 Å². The molecular weight excluding hydrogens is 328 g/mol. The smallest absolute Gasteiger partial charge is 0.332 e. The molecule has 0 radical (unpaired) electrons. The van der Waals surface area contributed by atoms with Gasteiger partial charge in [0.1, 0.15) is 6.61 Å². The van der Waals surface area contributed by atoms with Crippen molar-refractivity contribution in [3.8, 4) is 0 Å². The zero-order valence-corrected chi connectivity index (χ0v) is 13.0. The van der Waals surface area contributed by atoms with Gasteiger partial charge in [-0.15, -0.1) is 0 Å². The number of carbonyl (C=O) groups excluding carboxylic acids is 2. The molecule has 0 bridgehead atoms. The number of rotatable bonds is 13. The minimum Gasteiger partial charge on any atom is -0.481 e.